The predicted octanol–water partition coefficient (Wildman–Crippen LogP) is 5.40. The van der Waals surface area contributed by atoms with Crippen molar-refractivity contribution in [2.24, 2.45) is 28.6 Å². The Balaban J connectivity index is 1.46. The van der Waals surface area contributed by atoms with Crippen molar-refractivity contribution < 1.29 is 5.11 Å². The first-order valence-corrected chi connectivity index (χ1v) is 10.5. The smallest absolute Gasteiger partial charge is 0.0543 e. The number of hydrogen-bond donors (Lipinski definition) is 1. The number of fused-ring (bicyclic) bond motifs is 5. The first-order chi connectivity index (χ1) is 12.5. The number of aromatic nitrogens is 1. The lowest BCUT2D eigenvalue weighted by Crippen LogP contribution is -2.51. The van der Waals surface area contributed by atoms with Gasteiger partial charge in [-0.05, 0) is 85.3 Å². The maximum Gasteiger partial charge on any atom is 0.0543 e. The van der Waals surface area contributed by atoms with Crippen molar-refractivity contribution in [1.82, 2.24) is 4.98 Å². The highest BCUT2D eigenvalue weighted by atomic mass is 16.3. The van der Waals surface area contributed by atoms with Crippen LogP contribution < -0.4 is 0 Å². The molecule has 0 saturated heterocycles. The Morgan fingerprint density at radius 1 is 1.08 bits per heavy atom. The van der Waals surface area contributed by atoms with Crippen molar-refractivity contribution in [2.45, 2.75) is 64.9 Å². The summed E-state index contributed by atoms with van der Waals surface area (Å²) < 4.78 is 0. The summed E-state index contributed by atoms with van der Waals surface area (Å²) in [6.07, 6.45) is 17.1. The quantitative estimate of drug-likeness (QED) is 0.736. The van der Waals surface area contributed by atoms with E-state index in [0.717, 1.165) is 30.6 Å². The Bertz CT molecular complexity index is 766. The Hall–Kier alpha value is -1.41. The van der Waals surface area contributed by atoms with E-state index in [4.69, 9.17) is 0 Å². The third kappa shape index (κ3) is 2.24. The van der Waals surface area contributed by atoms with Crippen molar-refractivity contribution >= 4 is 5.57 Å². The second-order valence-corrected chi connectivity index (χ2v) is 9.74. The maximum atomic E-state index is 10.2. The SMILES string of the molecule is C[C@]12CC[C@H]3C(CC[C@H]4C[C@@H](O)CC[C@@]43C)C1=CC=C2c1cccnc1. The molecular formula is C24H31NO. The van der Waals surface area contributed by atoms with Gasteiger partial charge in [0.2, 0.25) is 0 Å². The van der Waals surface area contributed by atoms with Gasteiger partial charge in [-0.1, -0.05) is 37.6 Å². The first-order valence-electron chi connectivity index (χ1n) is 10.5. The summed E-state index contributed by atoms with van der Waals surface area (Å²) in [5, 5.41) is 10.2. The standard InChI is InChI=1S/C24H31NO/c1-23-11-9-18(26)14-17(23)5-6-19-21-8-7-20(16-4-3-13-25-15-16)24(21,2)12-10-22(19)23/h3-4,7-8,13,15,17-19,22,26H,5-6,9-12,14H2,1-2H3/t17-,18-,19?,22-,23-,24+/m0/s1. The molecule has 1 heterocycles. The van der Waals surface area contributed by atoms with Gasteiger partial charge >= 0.3 is 0 Å². The molecule has 3 fully saturated rings. The topological polar surface area (TPSA) is 33.1 Å². The molecule has 1 aromatic heterocycles. The summed E-state index contributed by atoms with van der Waals surface area (Å²) in [6, 6.07) is 4.27. The number of aliphatic hydroxyl groups excluding tert-OH is 1. The molecule has 5 rings (SSSR count). The van der Waals surface area contributed by atoms with Crippen LogP contribution >= 0.6 is 0 Å². The summed E-state index contributed by atoms with van der Waals surface area (Å²) >= 11 is 0. The number of nitrogens with zero attached hydrogens (tertiary/aromatic N) is 1. The fourth-order valence-electron chi connectivity index (χ4n) is 7.17. The zero-order chi connectivity index (χ0) is 17.9. The minimum Gasteiger partial charge on any atom is -0.393 e. The second-order valence-electron chi connectivity index (χ2n) is 9.74. The number of hydrogen-bond acceptors (Lipinski definition) is 2. The highest BCUT2D eigenvalue weighted by molar-refractivity contribution is 5.78. The Morgan fingerprint density at radius 2 is 1.96 bits per heavy atom. The Morgan fingerprint density at radius 3 is 2.77 bits per heavy atom. The van der Waals surface area contributed by atoms with Gasteiger partial charge in [0, 0.05) is 17.8 Å². The largest absolute Gasteiger partial charge is 0.393 e. The van der Waals surface area contributed by atoms with Gasteiger partial charge in [-0.15, -0.1) is 0 Å². The Kier molecular flexibility index (Phi) is 3.73. The summed E-state index contributed by atoms with van der Waals surface area (Å²) in [5.41, 5.74) is 5.09. The monoisotopic (exact) mass is 349 g/mol. The number of aliphatic hydroxyl groups is 1. The molecule has 1 unspecified atom stereocenters. The highest BCUT2D eigenvalue weighted by Gasteiger charge is 2.56. The van der Waals surface area contributed by atoms with Crippen LogP contribution in [0.3, 0.4) is 0 Å². The van der Waals surface area contributed by atoms with Gasteiger partial charge in [0.25, 0.3) is 0 Å². The molecule has 138 valence electrons. The fourth-order valence-corrected chi connectivity index (χ4v) is 7.17. The van der Waals surface area contributed by atoms with Crippen LogP contribution in [0.1, 0.15) is 64.4 Å². The van der Waals surface area contributed by atoms with Crippen molar-refractivity contribution in [3.05, 3.63) is 47.8 Å². The summed E-state index contributed by atoms with van der Waals surface area (Å²) in [7, 11) is 0. The van der Waals surface area contributed by atoms with Gasteiger partial charge in [-0.25, -0.2) is 0 Å². The van der Waals surface area contributed by atoms with Crippen molar-refractivity contribution in [1.29, 1.82) is 0 Å². The predicted molar refractivity (Wildman–Crippen MR) is 105 cm³/mol. The second kappa shape index (κ2) is 5.79. The normalized spacial score (nSPS) is 44.4. The lowest BCUT2D eigenvalue weighted by Gasteiger charge is -2.59. The zero-order valence-electron chi connectivity index (χ0n) is 16.1. The van der Waals surface area contributed by atoms with E-state index in [1.54, 1.807) is 5.57 Å². The van der Waals surface area contributed by atoms with Gasteiger partial charge < -0.3 is 5.11 Å². The highest BCUT2D eigenvalue weighted by Crippen LogP contribution is 2.66. The molecule has 0 aromatic carbocycles. The molecule has 1 N–H and O–H groups in total. The third-order valence-corrected chi connectivity index (χ3v) is 8.65. The molecule has 0 amide bonds. The van der Waals surface area contributed by atoms with Crippen molar-refractivity contribution in [3.63, 3.8) is 0 Å². The molecule has 6 atom stereocenters. The molecule has 4 aliphatic rings. The van der Waals surface area contributed by atoms with Crippen LogP contribution in [0.5, 0.6) is 0 Å². The van der Waals surface area contributed by atoms with E-state index in [2.05, 4.69) is 43.1 Å². The van der Waals surface area contributed by atoms with E-state index in [1.807, 2.05) is 12.4 Å². The summed E-state index contributed by atoms with van der Waals surface area (Å²) in [6.45, 7) is 5.02. The van der Waals surface area contributed by atoms with E-state index in [0.29, 0.717) is 5.41 Å². The van der Waals surface area contributed by atoms with Gasteiger partial charge in [0.05, 0.1) is 6.10 Å². The van der Waals surface area contributed by atoms with Crippen LogP contribution in [0, 0.1) is 28.6 Å². The molecule has 4 aliphatic carbocycles. The number of rotatable bonds is 1. The van der Waals surface area contributed by atoms with E-state index in [-0.39, 0.29) is 11.5 Å². The van der Waals surface area contributed by atoms with E-state index in [1.165, 1.54) is 43.2 Å². The van der Waals surface area contributed by atoms with Gasteiger partial charge in [-0.3, -0.25) is 4.98 Å². The molecular weight excluding hydrogens is 318 g/mol. The van der Waals surface area contributed by atoms with Gasteiger partial charge in [0.1, 0.15) is 0 Å². The molecule has 3 saturated carbocycles. The zero-order valence-corrected chi connectivity index (χ0v) is 16.1. The Labute approximate surface area is 157 Å². The summed E-state index contributed by atoms with van der Waals surface area (Å²) in [5.74, 6) is 2.26. The maximum absolute atomic E-state index is 10.2. The van der Waals surface area contributed by atoms with Crippen LogP contribution in [0.25, 0.3) is 5.57 Å². The minimum absolute atomic E-state index is 0.0528. The van der Waals surface area contributed by atoms with Crippen molar-refractivity contribution in [3.8, 4) is 0 Å². The minimum atomic E-state index is -0.0528. The molecule has 2 heteroatoms. The molecule has 2 nitrogen and oxygen atoms in total. The molecule has 0 spiro atoms. The molecule has 0 radical (unpaired) electrons. The lowest BCUT2D eigenvalue weighted by atomic mass is 9.46. The molecule has 0 aliphatic heterocycles. The van der Waals surface area contributed by atoms with Gasteiger partial charge in [0.15, 0.2) is 0 Å². The van der Waals surface area contributed by atoms with Crippen molar-refractivity contribution in [2.75, 3.05) is 0 Å². The average Bonchev–Trinajstić information content (AvgIpc) is 3.00. The van der Waals surface area contributed by atoms with E-state index >= 15 is 0 Å². The lowest BCUT2D eigenvalue weighted by molar-refractivity contribution is -0.0784. The van der Waals surface area contributed by atoms with Crippen LogP contribution in [0.4, 0.5) is 0 Å². The fraction of sp³-hybridized carbons (Fsp3) is 0.625. The van der Waals surface area contributed by atoms with E-state index in [9.17, 15) is 5.11 Å². The van der Waals surface area contributed by atoms with Gasteiger partial charge in [-0.2, -0.15) is 0 Å². The average molecular weight is 350 g/mol. The van der Waals surface area contributed by atoms with Crippen LogP contribution in [-0.2, 0) is 0 Å². The molecule has 1 aromatic rings. The molecule has 0 bridgehead atoms. The van der Waals surface area contributed by atoms with Crippen LogP contribution in [0.15, 0.2) is 42.3 Å². The van der Waals surface area contributed by atoms with Crippen LogP contribution in [0.2, 0.25) is 0 Å². The molecule has 26 heavy (non-hydrogen) atoms. The third-order valence-electron chi connectivity index (χ3n) is 8.65. The number of allylic oxidation sites excluding steroid dienone is 4. The van der Waals surface area contributed by atoms with Crippen LogP contribution in [-0.4, -0.2) is 16.2 Å². The number of pyridine rings is 1. The first kappa shape index (κ1) is 16.7. The summed E-state index contributed by atoms with van der Waals surface area (Å²) in [4.78, 5) is 4.36. The van der Waals surface area contributed by atoms with E-state index < -0.39 is 0 Å².